The lowest BCUT2D eigenvalue weighted by Gasteiger charge is -2.33. The van der Waals surface area contributed by atoms with E-state index >= 15 is 0 Å². The molecular weight excluding hydrogens is 371 g/mol. The second-order valence-corrected chi connectivity index (χ2v) is 10.2. The van der Waals surface area contributed by atoms with Crippen molar-refractivity contribution in [3.63, 3.8) is 0 Å². The molecule has 1 aromatic rings. The number of aliphatic hydroxyl groups is 1. The highest BCUT2D eigenvalue weighted by molar-refractivity contribution is 6.51. The zero-order valence-electron chi connectivity index (χ0n) is 19.7. The van der Waals surface area contributed by atoms with Gasteiger partial charge in [0.15, 0.2) is 0 Å². The SMILES string of the molecule is CCCCCCCCC(=CB1OC(C)(C)C(C)(C)O1)C(O)(c1ccccc1)C1CC1. The Morgan fingerprint density at radius 3 is 2.13 bits per heavy atom. The Morgan fingerprint density at radius 1 is 1.00 bits per heavy atom. The van der Waals surface area contributed by atoms with Gasteiger partial charge in [0.1, 0.15) is 5.60 Å². The molecule has 1 aliphatic carbocycles. The predicted molar refractivity (Wildman–Crippen MR) is 125 cm³/mol. The summed E-state index contributed by atoms with van der Waals surface area (Å²) in [5.74, 6) is 2.38. The van der Waals surface area contributed by atoms with Gasteiger partial charge in [0.25, 0.3) is 0 Å². The molecule has 3 rings (SSSR count). The molecule has 1 saturated heterocycles. The topological polar surface area (TPSA) is 38.7 Å². The van der Waals surface area contributed by atoms with Crippen LogP contribution in [-0.4, -0.2) is 23.4 Å². The molecule has 0 amide bonds. The van der Waals surface area contributed by atoms with Crippen molar-refractivity contribution in [3.8, 4) is 0 Å². The van der Waals surface area contributed by atoms with Crippen molar-refractivity contribution in [1.82, 2.24) is 0 Å². The number of hydrogen-bond donors (Lipinski definition) is 1. The molecule has 1 aromatic carbocycles. The van der Waals surface area contributed by atoms with Gasteiger partial charge in [-0.2, -0.15) is 0 Å². The Bertz CT molecular complexity index is 692. The van der Waals surface area contributed by atoms with Gasteiger partial charge in [0.05, 0.1) is 11.2 Å². The normalized spacial score (nSPS) is 22.9. The van der Waals surface area contributed by atoms with Gasteiger partial charge in [0.2, 0.25) is 0 Å². The Labute approximate surface area is 184 Å². The molecule has 1 saturated carbocycles. The lowest BCUT2D eigenvalue weighted by molar-refractivity contribution is 0.00578. The molecule has 166 valence electrons. The molecule has 1 heterocycles. The highest BCUT2D eigenvalue weighted by Crippen LogP contribution is 2.51. The van der Waals surface area contributed by atoms with Crippen LogP contribution in [0.2, 0.25) is 0 Å². The largest absolute Gasteiger partial charge is 0.487 e. The molecule has 3 nitrogen and oxygen atoms in total. The highest BCUT2D eigenvalue weighted by Gasteiger charge is 2.52. The summed E-state index contributed by atoms with van der Waals surface area (Å²) in [4.78, 5) is 0. The van der Waals surface area contributed by atoms with Crippen molar-refractivity contribution in [3.05, 3.63) is 47.4 Å². The first kappa shape index (κ1) is 23.6. The number of rotatable bonds is 11. The summed E-state index contributed by atoms with van der Waals surface area (Å²) in [6, 6.07) is 10.2. The number of benzene rings is 1. The minimum Gasteiger partial charge on any atom is -0.400 e. The molecule has 0 spiro atoms. The fourth-order valence-electron chi connectivity index (χ4n) is 4.49. The maximum Gasteiger partial charge on any atom is 0.487 e. The second-order valence-electron chi connectivity index (χ2n) is 10.2. The fraction of sp³-hybridized carbons (Fsp3) is 0.692. The van der Waals surface area contributed by atoms with E-state index in [-0.39, 0.29) is 17.1 Å². The van der Waals surface area contributed by atoms with Gasteiger partial charge in [-0.1, -0.05) is 75.3 Å². The molecule has 1 atom stereocenters. The first-order valence-electron chi connectivity index (χ1n) is 12.1. The van der Waals surface area contributed by atoms with E-state index in [1.54, 1.807) is 0 Å². The summed E-state index contributed by atoms with van der Waals surface area (Å²) in [6.07, 6.45) is 10.5. The predicted octanol–water partition coefficient (Wildman–Crippen LogP) is 6.59. The van der Waals surface area contributed by atoms with Crippen LogP contribution in [0.25, 0.3) is 0 Å². The van der Waals surface area contributed by atoms with Crippen LogP contribution >= 0.6 is 0 Å². The third-order valence-corrected chi connectivity index (χ3v) is 7.28. The summed E-state index contributed by atoms with van der Waals surface area (Å²) in [5, 5.41) is 12.1. The van der Waals surface area contributed by atoms with Gasteiger partial charge in [-0.25, -0.2) is 0 Å². The van der Waals surface area contributed by atoms with Crippen LogP contribution in [0.15, 0.2) is 41.9 Å². The van der Waals surface area contributed by atoms with Crippen molar-refractivity contribution in [2.24, 2.45) is 5.92 Å². The monoisotopic (exact) mass is 412 g/mol. The van der Waals surface area contributed by atoms with E-state index in [0.717, 1.165) is 36.8 Å². The van der Waals surface area contributed by atoms with Gasteiger partial charge >= 0.3 is 7.12 Å². The lowest BCUT2D eigenvalue weighted by Crippen LogP contribution is -2.41. The molecule has 0 bridgehead atoms. The van der Waals surface area contributed by atoms with Gasteiger partial charge in [-0.3, -0.25) is 0 Å². The summed E-state index contributed by atoms with van der Waals surface area (Å²) < 4.78 is 12.6. The van der Waals surface area contributed by atoms with E-state index in [1.807, 2.05) is 18.2 Å². The van der Waals surface area contributed by atoms with Crippen LogP contribution in [0, 0.1) is 5.92 Å². The summed E-state index contributed by atoms with van der Waals surface area (Å²) >= 11 is 0. The van der Waals surface area contributed by atoms with Gasteiger partial charge in [-0.05, 0) is 70.4 Å². The lowest BCUT2D eigenvalue weighted by atomic mass is 9.74. The Kier molecular flexibility index (Phi) is 7.53. The molecule has 1 unspecified atom stereocenters. The van der Waals surface area contributed by atoms with Crippen molar-refractivity contribution >= 4 is 7.12 Å². The molecule has 30 heavy (non-hydrogen) atoms. The molecule has 0 radical (unpaired) electrons. The summed E-state index contributed by atoms with van der Waals surface area (Å²) in [5.41, 5.74) is 0.411. The Morgan fingerprint density at radius 2 is 1.57 bits per heavy atom. The summed E-state index contributed by atoms with van der Waals surface area (Å²) in [7, 11) is -0.418. The van der Waals surface area contributed by atoms with E-state index in [2.05, 4.69) is 52.7 Å². The van der Waals surface area contributed by atoms with E-state index in [0.29, 0.717) is 0 Å². The Balaban J connectivity index is 1.84. The molecule has 1 aliphatic heterocycles. The zero-order chi connectivity index (χ0) is 21.8. The number of hydrogen-bond acceptors (Lipinski definition) is 3. The maximum atomic E-state index is 12.1. The average Bonchev–Trinajstić information content (AvgIpc) is 3.51. The van der Waals surface area contributed by atoms with Crippen molar-refractivity contribution in [1.29, 1.82) is 0 Å². The van der Waals surface area contributed by atoms with Crippen molar-refractivity contribution in [2.45, 2.75) is 109 Å². The van der Waals surface area contributed by atoms with Crippen LogP contribution in [-0.2, 0) is 14.9 Å². The molecule has 4 heteroatoms. The Hall–Kier alpha value is -1.10. The first-order valence-corrected chi connectivity index (χ1v) is 12.1. The quantitative estimate of drug-likeness (QED) is 0.329. The van der Waals surface area contributed by atoms with Crippen LogP contribution in [0.5, 0.6) is 0 Å². The molecule has 0 aromatic heterocycles. The van der Waals surface area contributed by atoms with Crippen LogP contribution in [0.4, 0.5) is 0 Å². The zero-order valence-corrected chi connectivity index (χ0v) is 19.7. The smallest absolute Gasteiger partial charge is 0.400 e. The summed E-state index contributed by atoms with van der Waals surface area (Å²) in [6.45, 7) is 10.6. The third-order valence-electron chi connectivity index (χ3n) is 7.28. The van der Waals surface area contributed by atoms with E-state index in [1.165, 1.54) is 32.1 Å². The average molecular weight is 412 g/mol. The fourth-order valence-corrected chi connectivity index (χ4v) is 4.49. The van der Waals surface area contributed by atoms with E-state index < -0.39 is 12.7 Å². The van der Waals surface area contributed by atoms with Crippen molar-refractivity contribution < 1.29 is 14.4 Å². The van der Waals surface area contributed by atoms with Crippen molar-refractivity contribution in [2.75, 3.05) is 0 Å². The minimum absolute atomic E-state index is 0.286. The minimum atomic E-state index is -0.922. The van der Waals surface area contributed by atoms with E-state index in [9.17, 15) is 5.11 Å². The number of unbranched alkanes of at least 4 members (excludes halogenated alkanes) is 5. The molecule has 2 aliphatic rings. The molecule has 1 N–H and O–H groups in total. The van der Waals surface area contributed by atoms with E-state index in [4.69, 9.17) is 9.31 Å². The molecular formula is C26H41BO3. The first-order chi connectivity index (χ1) is 14.2. The van der Waals surface area contributed by atoms with Gasteiger partial charge in [0, 0.05) is 0 Å². The van der Waals surface area contributed by atoms with Gasteiger partial charge in [-0.15, -0.1) is 0 Å². The molecule has 2 fully saturated rings. The van der Waals surface area contributed by atoms with Crippen LogP contribution in [0.1, 0.15) is 98.0 Å². The third kappa shape index (κ3) is 5.20. The van der Waals surface area contributed by atoms with Crippen LogP contribution in [0.3, 0.4) is 0 Å². The highest BCUT2D eigenvalue weighted by atomic mass is 16.7. The van der Waals surface area contributed by atoms with Gasteiger partial charge < -0.3 is 14.4 Å². The maximum absolute atomic E-state index is 12.1. The van der Waals surface area contributed by atoms with Crippen LogP contribution < -0.4 is 0 Å². The second kappa shape index (κ2) is 9.59. The standard InChI is InChI=1S/C26H41BO3/c1-6-7-8-9-10-12-17-23(20-27-29-24(2,3)25(4,5)30-27)26(28,22-18-19-22)21-15-13-11-14-16-21/h11,13-16,20,22,28H,6-10,12,17-19H2,1-5H3.